The van der Waals surface area contributed by atoms with E-state index in [2.05, 4.69) is 15.1 Å². The van der Waals surface area contributed by atoms with E-state index in [9.17, 15) is 0 Å². The van der Waals surface area contributed by atoms with Gasteiger partial charge in [-0.15, -0.1) is 11.3 Å². The number of aryl methyl sites for hydroxylation is 1. The van der Waals surface area contributed by atoms with Gasteiger partial charge in [0, 0.05) is 0 Å². The second-order valence-electron chi connectivity index (χ2n) is 2.99. The molecular formula is C8H10N4O2S. The quantitative estimate of drug-likeness (QED) is 0.790. The fourth-order valence-corrected chi connectivity index (χ4v) is 1.73. The SMILES string of the molecule is Cc1ncc(-c2nc(C(N)CO)no2)s1. The van der Waals surface area contributed by atoms with Crippen LogP contribution in [0, 0.1) is 6.92 Å². The largest absolute Gasteiger partial charge is 0.394 e. The summed E-state index contributed by atoms with van der Waals surface area (Å²) in [7, 11) is 0. The van der Waals surface area contributed by atoms with Crippen LogP contribution in [0.1, 0.15) is 16.9 Å². The van der Waals surface area contributed by atoms with Gasteiger partial charge in [-0.3, -0.25) is 0 Å². The Morgan fingerprint density at radius 1 is 1.67 bits per heavy atom. The summed E-state index contributed by atoms with van der Waals surface area (Å²) in [5, 5.41) is 13.4. The smallest absolute Gasteiger partial charge is 0.269 e. The molecule has 0 aliphatic heterocycles. The zero-order chi connectivity index (χ0) is 10.8. The summed E-state index contributed by atoms with van der Waals surface area (Å²) in [5.41, 5.74) is 5.54. The van der Waals surface area contributed by atoms with Crippen LogP contribution >= 0.6 is 11.3 Å². The minimum atomic E-state index is -0.600. The Hall–Kier alpha value is -1.31. The van der Waals surface area contributed by atoms with Crippen LogP contribution in [-0.4, -0.2) is 26.8 Å². The molecule has 80 valence electrons. The van der Waals surface area contributed by atoms with Crippen LogP contribution in [0.4, 0.5) is 0 Å². The zero-order valence-electron chi connectivity index (χ0n) is 8.04. The van der Waals surface area contributed by atoms with Gasteiger partial charge in [-0.1, -0.05) is 5.16 Å². The summed E-state index contributed by atoms with van der Waals surface area (Å²) in [6.07, 6.45) is 1.67. The van der Waals surface area contributed by atoms with Crippen molar-refractivity contribution in [3.05, 3.63) is 17.0 Å². The van der Waals surface area contributed by atoms with Crippen LogP contribution in [-0.2, 0) is 0 Å². The lowest BCUT2D eigenvalue weighted by atomic mass is 10.3. The molecule has 0 spiro atoms. The van der Waals surface area contributed by atoms with Crippen molar-refractivity contribution in [2.75, 3.05) is 6.61 Å². The molecule has 0 saturated carbocycles. The molecule has 0 radical (unpaired) electrons. The molecule has 0 bridgehead atoms. The van der Waals surface area contributed by atoms with Crippen LogP contribution in [0.15, 0.2) is 10.7 Å². The maximum atomic E-state index is 8.82. The van der Waals surface area contributed by atoms with E-state index >= 15 is 0 Å². The summed E-state index contributed by atoms with van der Waals surface area (Å²) in [5.74, 6) is 0.693. The summed E-state index contributed by atoms with van der Waals surface area (Å²) >= 11 is 1.46. The van der Waals surface area contributed by atoms with Crippen LogP contribution in [0.5, 0.6) is 0 Å². The first kappa shape index (κ1) is 10.2. The van der Waals surface area contributed by atoms with Crippen molar-refractivity contribution in [3.8, 4) is 10.8 Å². The maximum absolute atomic E-state index is 8.82. The number of aliphatic hydroxyl groups is 1. The molecule has 0 aliphatic rings. The number of hydrogen-bond acceptors (Lipinski definition) is 7. The molecule has 2 aromatic rings. The second kappa shape index (κ2) is 4.05. The van der Waals surface area contributed by atoms with Crippen molar-refractivity contribution in [1.82, 2.24) is 15.1 Å². The van der Waals surface area contributed by atoms with Crippen LogP contribution in [0.2, 0.25) is 0 Å². The first-order valence-electron chi connectivity index (χ1n) is 4.33. The fourth-order valence-electron chi connectivity index (χ4n) is 1.03. The van der Waals surface area contributed by atoms with Gasteiger partial charge in [-0.2, -0.15) is 4.98 Å². The van der Waals surface area contributed by atoms with Crippen LogP contribution in [0.3, 0.4) is 0 Å². The van der Waals surface area contributed by atoms with Crippen LogP contribution < -0.4 is 5.73 Å². The number of rotatable bonds is 3. The van der Waals surface area contributed by atoms with Gasteiger partial charge in [0.05, 0.1) is 23.9 Å². The molecule has 6 nitrogen and oxygen atoms in total. The third kappa shape index (κ3) is 2.04. The normalized spacial score (nSPS) is 13.0. The van der Waals surface area contributed by atoms with E-state index in [-0.39, 0.29) is 6.61 Å². The van der Waals surface area contributed by atoms with E-state index in [1.807, 2.05) is 6.92 Å². The first-order chi connectivity index (χ1) is 7.20. The number of nitrogens with two attached hydrogens (primary N) is 1. The van der Waals surface area contributed by atoms with Crippen molar-refractivity contribution in [3.63, 3.8) is 0 Å². The van der Waals surface area contributed by atoms with Gasteiger partial charge in [0.25, 0.3) is 5.89 Å². The number of aliphatic hydroxyl groups excluding tert-OH is 1. The molecule has 7 heteroatoms. The number of thiazole rings is 1. The fraction of sp³-hybridized carbons (Fsp3) is 0.375. The molecule has 0 fully saturated rings. The van der Waals surface area contributed by atoms with E-state index in [1.165, 1.54) is 11.3 Å². The van der Waals surface area contributed by atoms with Gasteiger partial charge in [0.1, 0.15) is 4.88 Å². The summed E-state index contributed by atoms with van der Waals surface area (Å²) in [4.78, 5) is 8.95. The lowest BCUT2D eigenvalue weighted by Gasteiger charge is -1.98. The van der Waals surface area contributed by atoms with E-state index in [4.69, 9.17) is 15.4 Å². The van der Waals surface area contributed by atoms with Gasteiger partial charge in [-0.25, -0.2) is 4.98 Å². The predicted molar refractivity (Wildman–Crippen MR) is 54.2 cm³/mol. The Kier molecular flexibility index (Phi) is 2.76. The van der Waals surface area contributed by atoms with Crippen LogP contribution in [0.25, 0.3) is 10.8 Å². The number of hydrogen-bond donors (Lipinski definition) is 2. The van der Waals surface area contributed by atoms with Crippen molar-refractivity contribution in [1.29, 1.82) is 0 Å². The van der Waals surface area contributed by atoms with Crippen molar-refractivity contribution < 1.29 is 9.63 Å². The van der Waals surface area contributed by atoms with Gasteiger partial charge >= 0.3 is 0 Å². The van der Waals surface area contributed by atoms with Crippen molar-refractivity contribution in [2.45, 2.75) is 13.0 Å². The molecule has 0 aliphatic carbocycles. The molecule has 0 saturated heterocycles. The Balaban J connectivity index is 2.27. The topological polar surface area (TPSA) is 98.1 Å². The highest BCUT2D eigenvalue weighted by molar-refractivity contribution is 7.14. The molecule has 15 heavy (non-hydrogen) atoms. The standard InChI is InChI=1S/C8H10N4O2S/c1-4-10-2-6(15-4)8-11-7(12-14-8)5(9)3-13/h2,5,13H,3,9H2,1H3. The highest BCUT2D eigenvalue weighted by Crippen LogP contribution is 2.24. The minimum Gasteiger partial charge on any atom is -0.394 e. The van der Waals surface area contributed by atoms with Gasteiger partial charge in [0.15, 0.2) is 5.82 Å². The molecule has 2 rings (SSSR count). The van der Waals surface area contributed by atoms with E-state index < -0.39 is 6.04 Å². The average molecular weight is 226 g/mol. The molecule has 2 aromatic heterocycles. The third-order valence-electron chi connectivity index (χ3n) is 1.80. The van der Waals surface area contributed by atoms with Gasteiger partial charge in [0.2, 0.25) is 0 Å². The zero-order valence-corrected chi connectivity index (χ0v) is 8.86. The molecular weight excluding hydrogens is 216 g/mol. The Bertz CT molecular complexity index is 453. The van der Waals surface area contributed by atoms with Crippen molar-refractivity contribution >= 4 is 11.3 Å². The van der Waals surface area contributed by atoms with E-state index in [0.29, 0.717) is 11.7 Å². The Labute approximate surface area is 89.8 Å². The van der Waals surface area contributed by atoms with E-state index in [0.717, 1.165) is 9.88 Å². The summed E-state index contributed by atoms with van der Waals surface area (Å²) in [6, 6.07) is -0.600. The lowest BCUT2D eigenvalue weighted by molar-refractivity contribution is 0.260. The van der Waals surface area contributed by atoms with E-state index in [1.54, 1.807) is 6.20 Å². The van der Waals surface area contributed by atoms with Gasteiger partial charge in [-0.05, 0) is 6.92 Å². The second-order valence-corrected chi connectivity index (χ2v) is 4.23. The van der Waals surface area contributed by atoms with Crippen molar-refractivity contribution in [2.24, 2.45) is 5.73 Å². The maximum Gasteiger partial charge on any atom is 0.269 e. The molecule has 0 amide bonds. The number of nitrogens with zero attached hydrogens (tertiary/aromatic N) is 3. The first-order valence-corrected chi connectivity index (χ1v) is 5.15. The summed E-state index contributed by atoms with van der Waals surface area (Å²) < 4.78 is 5.01. The predicted octanol–water partition coefficient (Wildman–Crippen LogP) is 0.494. The average Bonchev–Trinajstić information content (AvgIpc) is 2.84. The minimum absolute atomic E-state index is 0.208. The lowest BCUT2D eigenvalue weighted by Crippen LogP contribution is -2.15. The third-order valence-corrected chi connectivity index (χ3v) is 2.70. The Morgan fingerprint density at radius 2 is 2.47 bits per heavy atom. The van der Waals surface area contributed by atoms with Gasteiger partial charge < -0.3 is 15.4 Å². The molecule has 1 unspecified atom stereocenters. The molecule has 2 heterocycles. The number of aromatic nitrogens is 3. The Morgan fingerprint density at radius 3 is 3.07 bits per heavy atom. The molecule has 1 atom stereocenters. The monoisotopic (exact) mass is 226 g/mol. The molecule has 0 aromatic carbocycles. The highest BCUT2D eigenvalue weighted by Gasteiger charge is 2.15. The molecule has 3 N–H and O–H groups in total. The highest BCUT2D eigenvalue weighted by atomic mass is 32.1. The summed E-state index contributed by atoms with van der Waals surface area (Å²) in [6.45, 7) is 1.69.